The molecule has 0 saturated heterocycles. The van der Waals surface area contributed by atoms with Crippen molar-refractivity contribution in [2.45, 2.75) is 26.2 Å². The van der Waals surface area contributed by atoms with Gasteiger partial charge in [-0.15, -0.1) is 0 Å². The van der Waals surface area contributed by atoms with E-state index in [4.69, 9.17) is 0 Å². The Morgan fingerprint density at radius 2 is 2.33 bits per heavy atom. The molecule has 0 aromatic carbocycles. The lowest BCUT2D eigenvalue weighted by Crippen LogP contribution is -2.00. The van der Waals surface area contributed by atoms with Gasteiger partial charge in [0, 0.05) is 0 Å². The number of carbonyl (C=O) groups excluding carboxylic acids is 2. The maximum atomic E-state index is 10.3. The van der Waals surface area contributed by atoms with Gasteiger partial charge in [-0.3, -0.25) is 0 Å². The first-order valence-electron chi connectivity index (χ1n) is 3.71. The molecular formula is C8H11O4. The summed E-state index contributed by atoms with van der Waals surface area (Å²) in [6.45, 7) is 3.02. The fraction of sp³-hybridized carbons (Fsp3) is 0.500. The minimum absolute atomic E-state index is 0.842. The maximum Gasteiger partial charge on any atom is 0.521 e. The number of rotatable bonds is 5. The highest BCUT2D eigenvalue weighted by atomic mass is 16.7. The summed E-state index contributed by atoms with van der Waals surface area (Å²) in [5.74, 6) is 0. The fourth-order valence-corrected chi connectivity index (χ4v) is 0.552. The van der Waals surface area contributed by atoms with E-state index in [1.54, 1.807) is 6.08 Å². The van der Waals surface area contributed by atoms with Gasteiger partial charge in [-0.2, -0.15) is 0 Å². The first-order chi connectivity index (χ1) is 5.81. The van der Waals surface area contributed by atoms with Crippen molar-refractivity contribution < 1.29 is 19.1 Å². The normalized spacial score (nSPS) is 9.75. The van der Waals surface area contributed by atoms with Gasteiger partial charge in [0.1, 0.15) is 0 Å². The zero-order chi connectivity index (χ0) is 9.23. The number of hydrogen-bond acceptors (Lipinski definition) is 4. The Bertz CT molecular complexity index is 162. The van der Waals surface area contributed by atoms with E-state index in [1.165, 1.54) is 6.26 Å². The van der Waals surface area contributed by atoms with E-state index in [0.29, 0.717) is 0 Å². The van der Waals surface area contributed by atoms with Crippen molar-refractivity contribution in [3.63, 3.8) is 0 Å². The van der Waals surface area contributed by atoms with Gasteiger partial charge in [0.2, 0.25) is 0 Å². The van der Waals surface area contributed by atoms with Crippen molar-refractivity contribution in [2.24, 2.45) is 0 Å². The molecular weight excluding hydrogens is 160 g/mol. The fourth-order valence-electron chi connectivity index (χ4n) is 0.552. The molecule has 0 bridgehead atoms. The first kappa shape index (κ1) is 10.7. The van der Waals surface area contributed by atoms with Gasteiger partial charge in [-0.05, 0) is 18.9 Å². The molecule has 12 heavy (non-hydrogen) atoms. The molecule has 67 valence electrons. The van der Waals surface area contributed by atoms with Crippen LogP contribution in [0.15, 0.2) is 12.3 Å². The van der Waals surface area contributed by atoms with E-state index in [1.807, 2.05) is 0 Å². The second kappa shape index (κ2) is 7.78. The van der Waals surface area contributed by atoms with Crippen LogP contribution >= 0.6 is 0 Å². The molecule has 0 rings (SSSR count). The minimum atomic E-state index is -1.06. The molecule has 0 atom stereocenters. The molecule has 0 fully saturated rings. The highest BCUT2D eigenvalue weighted by Crippen LogP contribution is 1.95. The lowest BCUT2D eigenvalue weighted by molar-refractivity contribution is 0.129. The smallest absolute Gasteiger partial charge is 0.403 e. The van der Waals surface area contributed by atoms with E-state index < -0.39 is 6.16 Å². The maximum absolute atomic E-state index is 10.3. The molecule has 0 aromatic heterocycles. The number of hydrogen-bond donors (Lipinski definition) is 0. The topological polar surface area (TPSA) is 52.6 Å². The van der Waals surface area contributed by atoms with Crippen molar-refractivity contribution in [1.82, 2.24) is 0 Å². The predicted molar refractivity (Wildman–Crippen MR) is 41.9 cm³/mol. The van der Waals surface area contributed by atoms with Crippen molar-refractivity contribution >= 4 is 12.6 Å². The van der Waals surface area contributed by atoms with E-state index in [-0.39, 0.29) is 0 Å². The Morgan fingerprint density at radius 1 is 1.58 bits per heavy atom. The van der Waals surface area contributed by atoms with Crippen LogP contribution in [-0.4, -0.2) is 12.6 Å². The SMILES string of the molecule is CCCC/C=C/OC(=O)O[C]=O. The van der Waals surface area contributed by atoms with Gasteiger partial charge in [-0.1, -0.05) is 13.3 Å². The zero-order valence-corrected chi connectivity index (χ0v) is 6.91. The van der Waals surface area contributed by atoms with E-state index in [0.717, 1.165) is 25.7 Å². The summed E-state index contributed by atoms with van der Waals surface area (Å²) < 4.78 is 8.06. The lowest BCUT2D eigenvalue weighted by atomic mass is 10.2. The van der Waals surface area contributed by atoms with Gasteiger partial charge < -0.3 is 9.47 Å². The summed E-state index contributed by atoms with van der Waals surface area (Å²) in [5, 5.41) is 0. The van der Waals surface area contributed by atoms with Crippen LogP contribution in [0.4, 0.5) is 4.79 Å². The molecule has 0 heterocycles. The second-order valence-corrected chi connectivity index (χ2v) is 2.07. The minimum Gasteiger partial charge on any atom is -0.403 e. The lowest BCUT2D eigenvalue weighted by Gasteiger charge is -1.92. The Hall–Kier alpha value is -1.32. The van der Waals surface area contributed by atoms with Crippen LogP contribution in [0, 0.1) is 0 Å². The molecule has 0 aliphatic rings. The molecule has 4 nitrogen and oxygen atoms in total. The summed E-state index contributed by atoms with van der Waals surface area (Å²) in [4.78, 5) is 19.8. The first-order valence-corrected chi connectivity index (χ1v) is 3.71. The molecule has 0 aliphatic heterocycles. The van der Waals surface area contributed by atoms with Crippen LogP contribution in [0.5, 0.6) is 0 Å². The third-order valence-corrected chi connectivity index (χ3v) is 1.11. The van der Waals surface area contributed by atoms with Crippen molar-refractivity contribution in [1.29, 1.82) is 0 Å². The van der Waals surface area contributed by atoms with Crippen LogP contribution in [0.25, 0.3) is 0 Å². The summed E-state index contributed by atoms with van der Waals surface area (Å²) in [5.41, 5.74) is 0. The molecule has 0 spiro atoms. The van der Waals surface area contributed by atoms with Gasteiger partial charge in [0.05, 0.1) is 6.26 Å². The molecule has 0 amide bonds. The van der Waals surface area contributed by atoms with Crippen LogP contribution in [-0.2, 0) is 14.3 Å². The molecule has 0 aliphatic carbocycles. The average Bonchev–Trinajstić information content (AvgIpc) is 2.05. The molecule has 1 radical (unpaired) electrons. The number of carbonyl (C=O) groups is 1. The van der Waals surface area contributed by atoms with E-state index in [2.05, 4.69) is 16.4 Å². The Balaban J connectivity index is 3.33. The third-order valence-electron chi connectivity index (χ3n) is 1.11. The summed E-state index contributed by atoms with van der Waals surface area (Å²) in [7, 11) is 0. The van der Waals surface area contributed by atoms with E-state index in [9.17, 15) is 9.59 Å². The zero-order valence-electron chi connectivity index (χ0n) is 6.91. The van der Waals surface area contributed by atoms with Crippen LogP contribution in [0.2, 0.25) is 0 Å². The third kappa shape index (κ3) is 6.80. The quantitative estimate of drug-likeness (QED) is 0.274. The summed E-state index contributed by atoms with van der Waals surface area (Å²) >= 11 is 0. The van der Waals surface area contributed by atoms with Crippen LogP contribution in [0.1, 0.15) is 26.2 Å². The molecule has 0 N–H and O–H groups in total. The number of ether oxygens (including phenoxy) is 2. The molecule has 0 aromatic rings. The second-order valence-electron chi connectivity index (χ2n) is 2.07. The van der Waals surface area contributed by atoms with Crippen LogP contribution in [0.3, 0.4) is 0 Å². The average molecular weight is 171 g/mol. The number of allylic oxidation sites excluding steroid dienone is 1. The Labute approximate surface area is 71.2 Å². The van der Waals surface area contributed by atoms with E-state index >= 15 is 0 Å². The van der Waals surface area contributed by atoms with Crippen molar-refractivity contribution in [3.8, 4) is 0 Å². The van der Waals surface area contributed by atoms with Gasteiger partial charge in [0.15, 0.2) is 0 Å². The summed E-state index contributed by atoms with van der Waals surface area (Å²) in [6, 6.07) is 0. The highest BCUT2D eigenvalue weighted by molar-refractivity contribution is 5.69. The van der Waals surface area contributed by atoms with Gasteiger partial charge in [-0.25, -0.2) is 9.59 Å². The monoisotopic (exact) mass is 171 g/mol. The molecule has 0 unspecified atom stereocenters. The molecule has 4 heteroatoms. The predicted octanol–water partition coefficient (Wildman–Crippen LogP) is 1.91. The Kier molecular flexibility index (Phi) is 6.93. The van der Waals surface area contributed by atoms with Gasteiger partial charge in [0.25, 0.3) is 0 Å². The highest BCUT2D eigenvalue weighted by Gasteiger charge is 1.98. The molecule has 0 saturated carbocycles. The number of unbranched alkanes of at least 4 members (excludes halogenated alkanes) is 2. The van der Waals surface area contributed by atoms with Gasteiger partial charge >= 0.3 is 12.6 Å². The standard InChI is InChI=1S/C8H11O4/c1-2-3-4-5-6-11-8(10)12-7-9/h5-6H,2-4H2,1H3/b6-5+. The van der Waals surface area contributed by atoms with Crippen molar-refractivity contribution in [3.05, 3.63) is 12.3 Å². The summed E-state index contributed by atoms with van der Waals surface area (Å²) in [6.07, 6.45) is 4.79. The van der Waals surface area contributed by atoms with Crippen molar-refractivity contribution in [2.75, 3.05) is 0 Å². The Morgan fingerprint density at radius 3 is 2.92 bits per heavy atom. The van der Waals surface area contributed by atoms with Crippen LogP contribution < -0.4 is 0 Å². The largest absolute Gasteiger partial charge is 0.521 e.